The lowest BCUT2D eigenvalue weighted by Gasteiger charge is -2.35. The molecule has 1 aliphatic heterocycles. The molecule has 0 amide bonds. The predicted molar refractivity (Wildman–Crippen MR) is 46.0 cm³/mol. The van der Waals surface area contributed by atoms with Gasteiger partial charge in [-0.2, -0.15) is 0 Å². The van der Waals surface area contributed by atoms with Crippen LogP contribution in [0.25, 0.3) is 0 Å². The van der Waals surface area contributed by atoms with E-state index in [1.165, 1.54) is 0 Å². The highest BCUT2D eigenvalue weighted by Gasteiger charge is 2.36. The van der Waals surface area contributed by atoms with Crippen LogP contribution in [0.1, 0.15) is 13.3 Å². The minimum Gasteiger partial charge on any atom is -0.388 e. The number of aliphatic hydroxyl groups excluding tert-OH is 2. The Morgan fingerprint density at radius 1 is 1.46 bits per heavy atom. The van der Waals surface area contributed by atoms with Crippen molar-refractivity contribution in [2.75, 3.05) is 13.2 Å². The topological polar surface area (TPSA) is 84.9 Å². The molecule has 0 aromatic carbocycles. The van der Waals surface area contributed by atoms with E-state index in [9.17, 15) is 10.2 Å². The molecule has 0 bridgehead atoms. The Labute approximate surface area is 77.4 Å². The van der Waals surface area contributed by atoms with Crippen molar-refractivity contribution >= 4 is 0 Å². The summed E-state index contributed by atoms with van der Waals surface area (Å²) in [7, 11) is 0. The number of aliphatic hydroxyl groups is 2. The maximum absolute atomic E-state index is 9.45. The molecule has 4 unspecified atom stereocenters. The highest BCUT2D eigenvalue weighted by molar-refractivity contribution is 4.85. The molecule has 1 rings (SSSR count). The zero-order valence-electron chi connectivity index (χ0n) is 7.72. The van der Waals surface area contributed by atoms with Crippen molar-refractivity contribution in [3.8, 4) is 0 Å². The molecule has 78 valence electrons. The Hall–Kier alpha value is -0.200. The zero-order valence-corrected chi connectivity index (χ0v) is 7.72. The van der Waals surface area contributed by atoms with E-state index in [0.717, 1.165) is 6.42 Å². The first-order chi connectivity index (χ1) is 6.16. The van der Waals surface area contributed by atoms with E-state index in [0.29, 0.717) is 6.61 Å². The van der Waals surface area contributed by atoms with E-state index < -0.39 is 24.5 Å². The summed E-state index contributed by atoms with van der Waals surface area (Å²) in [4.78, 5) is 0. The fourth-order valence-corrected chi connectivity index (χ4v) is 1.20. The van der Waals surface area contributed by atoms with Crippen LogP contribution in [0.3, 0.4) is 0 Å². The third-order valence-electron chi connectivity index (χ3n) is 2.01. The minimum absolute atomic E-state index is 0.215. The summed E-state index contributed by atoms with van der Waals surface area (Å²) in [6, 6.07) is -0.531. The third kappa shape index (κ3) is 2.62. The molecule has 1 aliphatic rings. The molecule has 0 aromatic heterocycles. The summed E-state index contributed by atoms with van der Waals surface area (Å²) >= 11 is 0. The predicted octanol–water partition coefficient (Wildman–Crippen LogP) is -1.18. The number of ether oxygens (including phenoxy) is 2. The molecule has 0 spiro atoms. The van der Waals surface area contributed by atoms with Gasteiger partial charge in [0.25, 0.3) is 0 Å². The smallest absolute Gasteiger partial charge is 0.186 e. The van der Waals surface area contributed by atoms with E-state index >= 15 is 0 Å². The largest absolute Gasteiger partial charge is 0.388 e. The van der Waals surface area contributed by atoms with E-state index in [1.54, 1.807) is 0 Å². The SMILES string of the molecule is CCCOC1OCC(N)C(O)C1O. The first-order valence-electron chi connectivity index (χ1n) is 4.51. The Morgan fingerprint density at radius 2 is 2.15 bits per heavy atom. The molecular weight excluding hydrogens is 174 g/mol. The fraction of sp³-hybridized carbons (Fsp3) is 1.00. The van der Waals surface area contributed by atoms with Gasteiger partial charge in [0, 0.05) is 6.61 Å². The Kier molecular flexibility index (Phi) is 4.08. The van der Waals surface area contributed by atoms with Crippen LogP contribution >= 0.6 is 0 Å². The minimum atomic E-state index is -1.05. The van der Waals surface area contributed by atoms with E-state index in [2.05, 4.69) is 0 Å². The van der Waals surface area contributed by atoms with Gasteiger partial charge < -0.3 is 25.4 Å². The summed E-state index contributed by atoms with van der Waals surface area (Å²) in [6.45, 7) is 2.67. The van der Waals surface area contributed by atoms with Crippen molar-refractivity contribution in [3.63, 3.8) is 0 Å². The Balaban J connectivity index is 2.39. The van der Waals surface area contributed by atoms with Crippen molar-refractivity contribution in [2.24, 2.45) is 5.73 Å². The van der Waals surface area contributed by atoms with Crippen LogP contribution in [0.4, 0.5) is 0 Å². The van der Waals surface area contributed by atoms with Gasteiger partial charge in [-0.3, -0.25) is 0 Å². The van der Waals surface area contributed by atoms with Gasteiger partial charge in [0.05, 0.1) is 12.6 Å². The average Bonchev–Trinajstić information content (AvgIpc) is 2.13. The van der Waals surface area contributed by atoms with Crippen LogP contribution in [0, 0.1) is 0 Å². The first kappa shape index (κ1) is 10.9. The second kappa shape index (κ2) is 4.88. The molecule has 4 N–H and O–H groups in total. The molecular formula is C8H17NO4. The molecule has 4 atom stereocenters. The van der Waals surface area contributed by atoms with Crippen LogP contribution in [0.5, 0.6) is 0 Å². The van der Waals surface area contributed by atoms with Gasteiger partial charge in [-0.1, -0.05) is 6.92 Å². The van der Waals surface area contributed by atoms with Crippen LogP contribution in [-0.2, 0) is 9.47 Å². The number of hydrogen-bond donors (Lipinski definition) is 3. The van der Waals surface area contributed by atoms with Crippen molar-refractivity contribution in [1.82, 2.24) is 0 Å². The molecule has 1 fully saturated rings. The lowest BCUT2D eigenvalue weighted by Crippen LogP contribution is -2.57. The number of hydrogen-bond acceptors (Lipinski definition) is 5. The summed E-state index contributed by atoms with van der Waals surface area (Å²) < 4.78 is 10.3. The quantitative estimate of drug-likeness (QED) is 0.523. The zero-order chi connectivity index (χ0) is 9.84. The standard InChI is InChI=1S/C8H17NO4/c1-2-3-12-8-7(11)6(10)5(9)4-13-8/h5-8,10-11H,2-4,9H2,1H3. The lowest BCUT2D eigenvalue weighted by atomic mass is 10.0. The fourth-order valence-electron chi connectivity index (χ4n) is 1.20. The summed E-state index contributed by atoms with van der Waals surface area (Å²) in [5.41, 5.74) is 5.47. The maximum atomic E-state index is 9.45. The highest BCUT2D eigenvalue weighted by Crippen LogP contribution is 2.15. The highest BCUT2D eigenvalue weighted by atomic mass is 16.7. The van der Waals surface area contributed by atoms with Gasteiger partial charge in [-0.15, -0.1) is 0 Å². The molecule has 0 aliphatic carbocycles. The summed E-state index contributed by atoms with van der Waals surface area (Å²) in [6.07, 6.45) is -1.91. The van der Waals surface area contributed by atoms with Gasteiger partial charge in [0.1, 0.15) is 12.2 Å². The molecule has 0 aromatic rings. The van der Waals surface area contributed by atoms with Crippen LogP contribution in [0.15, 0.2) is 0 Å². The molecule has 1 heterocycles. The van der Waals surface area contributed by atoms with Gasteiger partial charge in [0.2, 0.25) is 0 Å². The monoisotopic (exact) mass is 191 g/mol. The van der Waals surface area contributed by atoms with Crippen LogP contribution < -0.4 is 5.73 Å². The van der Waals surface area contributed by atoms with Crippen molar-refractivity contribution < 1.29 is 19.7 Å². The molecule has 5 heteroatoms. The molecule has 1 saturated heterocycles. The Bertz CT molecular complexity index is 153. The average molecular weight is 191 g/mol. The maximum Gasteiger partial charge on any atom is 0.186 e. The van der Waals surface area contributed by atoms with Crippen LogP contribution in [-0.4, -0.2) is 48.0 Å². The molecule has 0 radical (unpaired) electrons. The first-order valence-corrected chi connectivity index (χ1v) is 4.51. The van der Waals surface area contributed by atoms with E-state index in [4.69, 9.17) is 15.2 Å². The third-order valence-corrected chi connectivity index (χ3v) is 2.01. The van der Waals surface area contributed by atoms with Gasteiger partial charge in [0.15, 0.2) is 6.29 Å². The molecule has 0 saturated carbocycles. The van der Waals surface area contributed by atoms with Gasteiger partial charge >= 0.3 is 0 Å². The summed E-state index contributed by atoms with van der Waals surface area (Å²) in [5, 5.41) is 18.8. The molecule has 13 heavy (non-hydrogen) atoms. The normalized spacial score (nSPS) is 40.6. The van der Waals surface area contributed by atoms with Crippen molar-refractivity contribution in [1.29, 1.82) is 0 Å². The lowest BCUT2D eigenvalue weighted by molar-refractivity contribution is -0.247. The van der Waals surface area contributed by atoms with E-state index in [-0.39, 0.29) is 6.61 Å². The second-order valence-electron chi connectivity index (χ2n) is 3.22. The van der Waals surface area contributed by atoms with Crippen molar-refractivity contribution in [2.45, 2.75) is 37.9 Å². The Morgan fingerprint density at radius 3 is 2.77 bits per heavy atom. The summed E-state index contributed by atoms with van der Waals surface area (Å²) in [5.74, 6) is 0. The number of rotatable bonds is 3. The number of nitrogens with two attached hydrogens (primary N) is 1. The van der Waals surface area contributed by atoms with E-state index in [1.807, 2.05) is 6.92 Å². The van der Waals surface area contributed by atoms with Crippen molar-refractivity contribution in [3.05, 3.63) is 0 Å². The van der Waals surface area contributed by atoms with Crippen LogP contribution in [0.2, 0.25) is 0 Å². The second-order valence-corrected chi connectivity index (χ2v) is 3.22. The van der Waals surface area contributed by atoms with Gasteiger partial charge in [-0.25, -0.2) is 0 Å². The molecule has 5 nitrogen and oxygen atoms in total. The van der Waals surface area contributed by atoms with Gasteiger partial charge in [-0.05, 0) is 6.42 Å².